The second-order valence-corrected chi connectivity index (χ2v) is 7.67. The Morgan fingerprint density at radius 2 is 1.96 bits per heavy atom. The normalized spacial score (nSPS) is 22.6. The highest BCUT2D eigenvalue weighted by Gasteiger charge is 2.54. The molecule has 2 heterocycles. The molecule has 1 unspecified atom stereocenters. The summed E-state index contributed by atoms with van der Waals surface area (Å²) in [6, 6.07) is 15.6. The zero-order valence-electron chi connectivity index (χ0n) is 15.7. The predicted molar refractivity (Wildman–Crippen MR) is 109 cm³/mol. The molecule has 0 radical (unpaired) electrons. The van der Waals surface area contributed by atoms with Gasteiger partial charge in [0.1, 0.15) is 11.4 Å². The van der Waals surface area contributed by atoms with E-state index in [9.17, 15) is 5.11 Å². The number of aliphatic hydroxyl groups is 1. The van der Waals surface area contributed by atoms with Crippen molar-refractivity contribution in [3.05, 3.63) is 59.1 Å². The zero-order chi connectivity index (χ0) is 18.9. The molecule has 4 nitrogen and oxygen atoms in total. The van der Waals surface area contributed by atoms with E-state index in [1.165, 1.54) is 12.3 Å². The molecule has 0 spiro atoms. The molecule has 142 valence electrons. The molecule has 0 bridgehead atoms. The minimum Gasteiger partial charge on any atom is -0.494 e. The third-order valence-electron chi connectivity index (χ3n) is 5.43. The van der Waals surface area contributed by atoms with Gasteiger partial charge in [-0.1, -0.05) is 17.7 Å². The fourth-order valence-corrected chi connectivity index (χ4v) is 4.39. The van der Waals surface area contributed by atoms with E-state index in [1.54, 1.807) is 0 Å². The molecule has 0 saturated heterocycles. The zero-order valence-corrected chi connectivity index (χ0v) is 16.5. The van der Waals surface area contributed by atoms with E-state index in [2.05, 4.69) is 9.48 Å². The van der Waals surface area contributed by atoms with Crippen LogP contribution in [0, 0.1) is 0 Å². The van der Waals surface area contributed by atoms with Crippen LogP contribution in [-0.4, -0.2) is 35.2 Å². The highest BCUT2D eigenvalue weighted by molar-refractivity contribution is 6.31. The molecule has 0 fully saturated rings. The van der Waals surface area contributed by atoms with Crippen LogP contribution in [0.25, 0.3) is 0 Å². The van der Waals surface area contributed by atoms with Gasteiger partial charge in [0.05, 0.1) is 13.2 Å². The Hall–Kier alpha value is -2.04. The van der Waals surface area contributed by atoms with Gasteiger partial charge >= 0.3 is 0 Å². The second-order valence-electron chi connectivity index (χ2n) is 7.24. The summed E-state index contributed by atoms with van der Waals surface area (Å²) in [5.41, 5.74) is 0.673. The van der Waals surface area contributed by atoms with Crippen molar-refractivity contribution in [1.82, 2.24) is 0 Å². The Morgan fingerprint density at radius 3 is 2.70 bits per heavy atom. The maximum Gasteiger partial charge on any atom is 0.275 e. The molecule has 27 heavy (non-hydrogen) atoms. The van der Waals surface area contributed by atoms with Crippen LogP contribution in [0.3, 0.4) is 0 Å². The number of hydrogen-bond donors (Lipinski definition) is 1. The molecular weight excluding hydrogens is 360 g/mol. The fraction of sp³-hybridized carbons (Fsp3) is 0.409. The number of amidine groups is 1. The highest BCUT2D eigenvalue weighted by Crippen LogP contribution is 2.38. The van der Waals surface area contributed by atoms with Crippen molar-refractivity contribution < 1.29 is 14.4 Å². The Labute approximate surface area is 165 Å². The number of halogens is 1. The SMILES string of the molecule is CCOc1ccc(C2(O)C[N+]3=C(CCCCC3)N2c2cccc(Cl)c2)cc1. The minimum atomic E-state index is -1.12. The van der Waals surface area contributed by atoms with E-state index in [0.717, 1.165) is 42.8 Å². The van der Waals surface area contributed by atoms with Gasteiger partial charge < -0.3 is 9.84 Å². The Kier molecular flexibility index (Phi) is 5.11. The van der Waals surface area contributed by atoms with Crippen LogP contribution >= 0.6 is 11.6 Å². The number of benzene rings is 2. The fourth-order valence-electron chi connectivity index (χ4n) is 4.21. The molecule has 0 aromatic heterocycles. The van der Waals surface area contributed by atoms with E-state index in [-0.39, 0.29) is 0 Å². The number of ether oxygens (including phenoxy) is 1. The average molecular weight is 386 g/mol. The van der Waals surface area contributed by atoms with Crippen LogP contribution in [0.5, 0.6) is 5.75 Å². The van der Waals surface area contributed by atoms with E-state index < -0.39 is 5.72 Å². The molecule has 4 rings (SSSR count). The van der Waals surface area contributed by atoms with Crippen LogP contribution in [0.1, 0.15) is 38.2 Å². The van der Waals surface area contributed by atoms with E-state index in [1.807, 2.05) is 55.5 Å². The first-order chi connectivity index (χ1) is 13.1. The van der Waals surface area contributed by atoms with Crippen molar-refractivity contribution in [1.29, 1.82) is 0 Å². The molecule has 2 aliphatic rings. The lowest BCUT2D eigenvalue weighted by molar-refractivity contribution is -0.534. The second kappa shape index (κ2) is 7.53. The Balaban J connectivity index is 1.78. The molecule has 2 aliphatic heterocycles. The standard InChI is InChI=1S/C22H26ClN2O2/c1-2-27-20-12-10-17(11-13-20)22(26)16-24-14-5-3-4-9-21(24)25(22)19-8-6-7-18(23)15-19/h6-8,10-13,15,26H,2-5,9,14,16H2,1H3/q+1. The van der Waals surface area contributed by atoms with E-state index in [4.69, 9.17) is 16.3 Å². The lowest BCUT2D eigenvalue weighted by atomic mass is 9.99. The quantitative estimate of drug-likeness (QED) is 0.793. The molecule has 0 amide bonds. The monoisotopic (exact) mass is 385 g/mol. The Bertz CT molecular complexity index is 850. The van der Waals surface area contributed by atoms with Crippen LogP contribution < -0.4 is 9.64 Å². The first-order valence-corrected chi connectivity index (χ1v) is 10.1. The first kappa shape index (κ1) is 18.3. The molecule has 0 aliphatic carbocycles. The summed E-state index contributed by atoms with van der Waals surface area (Å²) in [6.45, 7) is 4.13. The summed E-state index contributed by atoms with van der Waals surface area (Å²) < 4.78 is 7.90. The van der Waals surface area contributed by atoms with Gasteiger partial charge in [0.15, 0.2) is 6.54 Å². The summed E-state index contributed by atoms with van der Waals surface area (Å²) in [7, 11) is 0. The smallest absolute Gasteiger partial charge is 0.275 e. The lowest BCUT2D eigenvalue weighted by Crippen LogP contribution is -2.47. The predicted octanol–water partition coefficient (Wildman–Crippen LogP) is 4.39. The lowest BCUT2D eigenvalue weighted by Gasteiger charge is -2.29. The van der Waals surface area contributed by atoms with E-state index in [0.29, 0.717) is 18.2 Å². The molecule has 0 saturated carbocycles. The van der Waals surface area contributed by atoms with E-state index >= 15 is 0 Å². The van der Waals surface area contributed by atoms with Crippen molar-refractivity contribution in [2.24, 2.45) is 0 Å². The van der Waals surface area contributed by atoms with Crippen molar-refractivity contribution in [2.45, 2.75) is 38.3 Å². The molecule has 1 N–H and O–H groups in total. The van der Waals surface area contributed by atoms with Gasteiger partial charge in [0.25, 0.3) is 11.6 Å². The topological polar surface area (TPSA) is 35.7 Å². The van der Waals surface area contributed by atoms with Crippen LogP contribution in [0.2, 0.25) is 5.02 Å². The van der Waals surface area contributed by atoms with Gasteiger partial charge in [-0.15, -0.1) is 0 Å². The summed E-state index contributed by atoms with van der Waals surface area (Å²) in [5.74, 6) is 2.01. The summed E-state index contributed by atoms with van der Waals surface area (Å²) >= 11 is 6.28. The summed E-state index contributed by atoms with van der Waals surface area (Å²) in [5, 5.41) is 12.6. The summed E-state index contributed by atoms with van der Waals surface area (Å²) in [6.07, 6.45) is 4.49. The van der Waals surface area contributed by atoms with Crippen molar-refractivity contribution >= 4 is 23.1 Å². The molecule has 5 heteroatoms. The number of nitrogens with zero attached hydrogens (tertiary/aromatic N) is 2. The summed E-state index contributed by atoms with van der Waals surface area (Å²) in [4.78, 5) is 2.08. The Morgan fingerprint density at radius 1 is 1.15 bits per heavy atom. The van der Waals surface area contributed by atoms with Crippen LogP contribution in [-0.2, 0) is 5.72 Å². The first-order valence-electron chi connectivity index (χ1n) is 9.74. The number of hydrogen-bond acceptors (Lipinski definition) is 3. The third kappa shape index (κ3) is 3.44. The van der Waals surface area contributed by atoms with Gasteiger partial charge in [-0.05, 0) is 62.6 Å². The molecule has 2 aromatic rings. The van der Waals surface area contributed by atoms with Gasteiger partial charge in [0, 0.05) is 23.1 Å². The average Bonchev–Trinajstić information content (AvgIpc) is 2.78. The highest BCUT2D eigenvalue weighted by atomic mass is 35.5. The maximum atomic E-state index is 11.9. The molecule has 1 atom stereocenters. The van der Waals surface area contributed by atoms with Crippen molar-refractivity contribution in [2.75, 3.05) is 24.6 Å². The van der Waals surface area contributed by atoms with Gasteiger partial charge in [-0.3, -0.25) is 4.58 Å². The van der Waals surface area contributed by atoms with Gasteiger partial charge in [-0.25, -0.2) is 0 Å². The molecule has 2 aromatic carbocycles. The van der Waals surface area contributed by atoms with Gasteiger partial charge in [0.2, 0.25) is 0 Å². The minimum absolute atomic E-state index is 0.558. The van der Waals surface area contributed by atoms with Gasteiger partial charge in [-0.2, -0.15) is 4.90 Å². The van der Waals surface area contributed by atoms with Crippen LogP contribution in [0.4, 0.5) is 5.69 Å². The number of rotatable bonds is 4. The van der Waals surface area contributed by atoms with Crippen molar-refractivity contribution in [3.63, 3.8) is 0 Å². The van der Waals surface area contributed by atoms with Crippen molar-refractivity contribution in [3.8, 4) is 5.75 Å². The third-order valence-corrected chi connectivity index (χ3v) is 5.66. The molecular formula is C22H26ClN2O2+. The largest absolute Gasteiger partial charge is 0.494 e. The number of anilines is 1. The van der Waals surface area contributed by atoms with Crippen LogP contribution in [0.15, 0.2) is 48.5 Å². The maximum absolute atomic E-state index is 11.9.